The number of alkyl carbamates (subject to hydrolysis) is 1. The smallest absolute Gasteiger partial charge is 0.407 e. The maximum Gasteiger partial charge on any atom is 0.407 e. The first-order chi connectivity index (χ1) is 13.1. The fourth-order valence-corrected chi connectivity index (χ4v) is 5.33. The molecule has 1 aromatic heterocycles. The van der Waals surface area contributed by atoms with Crippen molar-refractivity contribution in [3.05, 3.63) is 35.6 Å². The van der Waals surface area contributed by atoms with Crippen molar-refractivity contribution in [1.82, 2.24) is 14.6 Å². The Morgan fingerprint density at radius 3 is 2.82 bits per heavy atom. The highest BCUT2D eigenvalue weighted by Gasteiger charge is 2.34. The third-order valence-electron chi connectivity index (χ3n) is 4.50. The van der Waals surface area contributed by atoms with Crippen molar-refractivity contribution >= 4 is 38.5 Å². The van der Waals surface area contributed by atoms with E-state index in [9.17, 15) is 13.2 Å². The number of halogens is 1. The summed E-state index contributed by atoms with van der Waals surface area (Å²) in [5, 5.41) is 4.18. The third-order valence-corrected chi connectivity index (χ3v) is 6.69. The quantitative estimate of drug-likeness (QED) is 0.810. The van der Waals surface area contributed by atoms with E-state index in [2.05, 4.69) is 10.3 Å². The highest BCUT2D eigenvalue weighted by molar-refractivity contribution is 7.89. The van der Waals surface area contributed by atoms with Gasteiger partial charge in [-0.2, -0.15) is 4.31 Å². The van der Waals surface area contributed by atoms with Crippen LogP contribution in [-0.2, 0) is 14.8 Å². The van der Waals surface area contributed by atoms with Gasteiger partial charge in [-0.05, 0) is 39.2 Å². The summed E-state index contributed by atoms with van der Waals surface area (Å²) in [4.78, 5) is 16.0. The van der Waals surface area contributed by atoms with E-state index in [1.54, 1.807) is 45.2 Å². The standard InChI is InChI=1S/C19H24ClN3O4S/c1-19(2,3)27-18(24)22-9-13-7-8-23(12-13)28(25,26)16-6-4-5-14-10-21-11-15(20)17(14)16/h4-6,10-11,13H,7-9,12H2,1-3H3,(H,22,24). The second kappa shape index (κ2) is 7.85. The summed E-state index contributed by atoms with van der Waals surface area (Å²) in [5.41, 5.74) is -0.572. The Morgan fingerprint density at radius 1 is 1.36 bits per heavy atom. The first-order valence-corrected chi connectivity index (χ1v) is 10.9. The Hall–Kier alpha value is -1.90. The number of hydrogen-bond donors (Lipinski definition) is 1. The number of hydrogen-bond acceptors (Lipinski definition) is 5. The average molecular weight is 426 g/mol. The van der Waals surface area contributed by atoms with Crippen LogP contribution in [0.4, 0.5) is 4.79 Å². The average Bonchev–Trinajstić information content (AvgIpc) is 3.08. The lowest BCUT2D eigenvalue weighted by Crippen LogP contribution is -2.36. The predicted octanol–water partition coefficient (Wildman–Crippen LogP) is 3.42. The Labute approximate surface area is 170 Å². The second-order valence-corrected chi connectivity index (χ2v) is 10.2. The monoisotopic (exact) mass is 425 g/mol. The summed E-state index contributed by atoms with van der Waals surface area (Å²) in [7, 11) is -3.71. The fraction of sp³-hybridized carbons (Fsp3) is 0.474. The normalized spacial score (nSPS) is 18.4. The molecule has 0 radical (unpaired) electrons. The van der Waals surface area contributed by atoms with Gasteiger partial charge in [-0.15, -0.1) is 0 Å². The van der Waals surface area contributed by atoms with Gasteiger partial charge in [-0.1, -0.05) is 23.7 Å². The molecule has 1 saturated heterocycles. The van der Waals surface area contributed by atoms with Crippen molar-refractivity contribution in [1.29, 1.82) is 0 Å². The van der Waals surface area contributed by atoms with Crippen LogP contribution in [0.3, 0.4) is 0 Å². The first-order valence-electron chi connectivity index (χ1n) is 9.07. The lowest BCUT2D eigenvalue weighted by molar-refractivity contribution is 0.0520. The van der Waals surface area contributed by atoms with Crippen molar-refractivity contribution in [2.45, 2.75) is 37.7 Å². The molecule has 1 N–H and O–H groups in total. The minimum atomic E-state index is -3.71. The molecule has 1 unspecified atom stereocenters. The SMILES string of the molecule is CC(C)(C)OC(=O)NCC1CCN(S(=O)(=O)c2cccc3cncc(Cl)c23)C1. The van der Waals surface area contributed by atoms with Gasteiger partial charge >= 0.3 is 6.09 Å². The molecule has 1 amide bonds. The van der Waals surface area contributed by atoms with Crippen molar-refractivity contribution < 1.29 is 17.9 Å². The number of carbonyl (C=O) groups excluding carboxylic acids is 1. The number of rotatable bonds is 4. The molecule has 3 rings (SSSR count). The molecule has 9 heteroatoms. The molecule has 1 atom stereocenters. The van der Waals surface area contributed by atoms with E-state index in [0.29, 0.717) is 41.9 Å². The molecule has 0 bridgehead atoms. The van der Waals surface area contributed by atoms with Crippen LogP contribution in [-0.4, -0.2) is 49.0 Å². The zero-order valence-electron chi connectivity index (χ0n) is 16.1. The number of fused-ring (bicyclic) bond motifs is 1. The van der Waals surface area contributed by atoms with Gasteiger partial charge < -0.3 is 10.1 Å². The lowest BCUT2D eigenvalue weighted by atomic mass is 10.1. The van der Waals surface area contributed by atoms with E-state index in [4.69, 9.17) is 16.3 Å². The number of nitrogens with zero attached hydrogens (tertiary/aromatic N) is 2. The second-order valence-electron chi connectivity index (χ2n) is 7.88. The Balaban J connectivity index is 1.72. The van der Waals surface area contributed by atoms with Gasteiger partial charge in [0.25, 0.3) is 0 Å². The summed E-state index contributed by atoms with van der Waals surface area (Å²) >= 11 is 6.23. The Morgan fingerprint density at radius 2 is 2.11 bits per heavy atom. The molecule has 152 valence electrons. The predicted molar refractivity (Wildman–Crippen MR) is 108 cm³/mol. The van der Waals surface area contributed by atoms with E-state index in [1.807, 2.05) is 0 Å². The molecule has 1 aromatic carbocycles. The Kier molecular flexibility index (Phi) is 5.84. The first kappa shape index (κ1) is 20.8. The van der Waals surface area contributed by atoms with Gasteiger partial charge in [0, 0.05) is 42.8 Å². The van der Waals surface area contributed by atoms with Crippen molar-refractivity contribution in [2.24, 2.45) is 5.92 Å². The molecule has 7 nitrogen and oxygen atoms in total. The highest BCUT2D eigenvalue weighted by Crippen LogP contribution is 2.32. The van der Waals surface area contributed by atoms with Crippen LogP contribution in [0.25, 0.3) is 10.8 Å². The molecule has 2 aromatic rings. The molecular formula is C19H24ClN3O4S. The summed E-state index contributed by atoms with van der Waals surface area (Å²) in [6, 6.07) is 5.03. The third kappa shape index (κ3) is 4.56. The van der Waals surface area contributed by atoms with E-state index in [0.717, 1.165) is 0 Å². The summed E-state index contributed by atoms with van der Waals surface area (Å²) in [5.74, 6) is 0.0226. The minimum absolute atomic E-state index is 0.0226. The fourth-order valence-electron chi connectivity index (χ4n) is 3.24. The van der Waals surface area contributed by atoms with E-state index >= 15 is 0 Å². The number of ether oxygens (including phenoxy) is 1. The van der Waals surface area contributed by atoms with Gasteiger partial charge in [0.2, 0.25) is 10.0 Å². The molecule has 1 aliphatic rings. The van der Waals surface area contributed by atoms with Crippen LogP contribution >= 0.6 is 11.6 Å². The van der Waals surface area contributed by atoms with E-state index < -0.39 is 21.7 Å². The molecule has 2 heterocycles. The number of benzene rings is 1. The minimum Gasteiger partial charge on any atom is -0.444 e. The molecule has 28 heavy (non-hydrogen) atoms. The maximum absolute atomic E-state index is 13.2. The zero-order valence-corrected chi connectivity index (χ0v) is 17.7. The molecular weight excluding hydrogens is 402 g/mol. The molecule has 0 saturated carbocycles. The largest absolute Gasteiger partial charge is 0.444 e. The number of carbonyl (C=O) groups is 1. The number of amides is 1. The van der Waals surface area contributed by atoms with Crippen LogP contribution in [0.15, 0.2) is 35.5 Å². The van der Waals surface area contributed by atoms with Gasteiger partial charge in [0.1, 0.15) is 5.60 Å². The summed E-state index contributed by atoms with van der Waals surface area (Å²) < 4.78 is 33.1. The molecule has 0 aliphatic carbocycles. The van der Waals surface area contributed by atoms with Crippen LogP contribution in [0.1, 0.15) is 27.2 Å². The van der Waals surface area contributed by atoms with Crippen LogP contribution in [0.2, 0.25) is 5.02 Å². The van der Waals surface area contributed by atoms with Gasteiger partial charge in [-0.25, -0.2) is 13.2 Å². The van der Waals surface area contributed by atoms with Crippen molar-refractivity contribution in [3.8, 4) is 0 Å². The molecule has 1 aliphatic heterocycles. The van der Waals surface area contributed by atoms with Crippen LogP contribution in [0, 0.1) is 5.92 Å². The summed E-state index contributed by atoms with van der Waals surface area (Å²) in [6.45, 7) is 6.46. The molecule has 0 spiro atoms. The van der Waals surface area contributed by atoms with E-state index in [1.165, 1.54) is 10.5 Å². The lowest BCUT2D eigenvalue weighted by Gasteiger charge is -2.21. The topological polar surface area (TPSA) is 88.6 Å². The Bertz CT molecular complexity index is 983. The molecule has 1 fully saturated rings. The maximum atomic E-state index is 13.2. The van der Waals surface area contributed by atoms with Gasteiger partial charge in [-0.3, -0.25) is 4.98 Å². The van der Waals surface area contributed by atoms with Gasteiger partial charge in [0.05, 0.1) is 9.92 Å². The number of sulfonamides is 1. The highest BCUT2D eigenvalue weighted by atomic mass is 35.5. The van der Waals surface area contributed by atoms with Gasteiger partial charge in [0.15, 0.2) is 0 Å². The van der Waals surface area contributed by atoms with Crippen LogP contribution < -0.4 is 5.32 Å². The van der Waals surface area contributed by atoms with E-state index in [-0.39, 0.29) is 10.8 Å². The van der Waals surface area contributed by atoms with Crippen LogP contribution in [0.5, 0.6) is 0 Å². The van der Waals surface area contributed by atoms with Crippen molar-refractivity contribution in [2.75, 3.05) is 19.6 Å². The number of pyridine rings is 1. The number of aromatic nitrogens is 1. The van der Waals surface area contributed by atoms with Crippen molar-refractivity contribution in [3.63, 3.8) is 0 Å². The zero-order chi connectivity index (χ0) is 20.5. The summed E-state index contributed by atoms with van der Waals surface area (Å²) in [6.07, 6.45) is 3.20. The number of nitrogens with one attached hydrogen (secondary N) is 1.